The Kier molecular flexibility index (Phi) is 14.6. The number of carboxylic acid groups (broad SMARTS) is 1. The van der Waals surface area contributed by atoms with Crippen LogP contribution in [0.4, 0.5) is 0 Å². The number of aliphatic carboxylic acids is 1. The highest BCUT2D eigenvalue weighted by Crippen LogP contribution is 2.37. The number of halogens is 1. The molecule has 0 amide bonds. The van der Waals surface area contributed by atoms with Gasteiger partial charge in [0.05, 0.1) is 17.2 Å². The first kappa shape index (κ1) is 41.2. The smallest absolute Gasteiger partial charge is 0.320 e. The maximum absolute atomic E-state index is 12.1. The number of ether oxygens (including phenoxy) is 3. The topological polar surface area (TPSA) is 108 Å². The minimum Gasteiger partial charge on any atom is -0.493 e. The van der Waals surface area contributed by atoms with Crippen molar-refractivity contribution in [1.29, 1.82) is 5.26 Å². The van der Waals surface area contributed by atoms with Gasteiger partial charge in [-0.15, -0.1) is 0 Å². The molecule has 0 spiro atoms. The summed E-state index contributed by atoms with van der Waals surface area (Å²) >= 11 is 6.88. The Hall–Kier alpha value is -5.40. The van der Waals surface area contributed by atoms with Crippen LogP contribution in [0.3, 0.4) is 0 Å². The highest BCUT2D eigenvalue weighted by atomic mass is 35.5. The summed E-state index contributed by atoms with van der Waals surface area (Å²) in [5, 5.41) is 19.7. The van der Waals surface area contributed by atoms with Gasteiger partial charge >= 0.3 is 5.97 Å². The van der Waals surface area contributed by atoms with Gasteiger partial charge in [0.25, 0.3) is 0 Å². The molecule has 0 radical (unpaired) electrons. The zero-order valence-corrected chi connectivity index (χ0v) is 33.8. The predicted octanol–water partition coefficient (Wildman–Crippen LogP) is 9.43. The van der Waals surface area contributed by atoms with Gasteiger partial charge < -0.3 is 24.2 Å². The van der Waals surface area contributed by atoms with Crippen LogP contribution in [0.15, 0.2) is 97.3 Å². The monoisotopic (exact) mass is 786 g/mol. The van der Waals surface area contributed by atoms with E-state index in [-0.39, 0.29) is 13.2 Å². The molecule has 1 fully saturated rings. The van der Waals surface area contributed by atoms with Crippen LogP contribution >= 0.6 is 11.6 Å². The summed E-state index contributed by atoms with van der Waals surface area (Å²) < 4.78 is 19.1. The minimum atomic E-state index is -0.830. The molecular formula is C47H51ClN4O5. The molecule has 1 saturated heterocycles. The van der Waals surface area contributed by atoms with Gasteiger partial charge in [0.2, 0.25) is 0 Å². The number of carboxylic acids is 1. The van der Waals surface area contributed by atoms with E-state index in [1.165, 1.54) is 11.8 Å². The second kappa shape index (κ2) is 20.1. The third kappa shape index (κ3) is 11.1. The normalized spacial score (nSPS) is 14.3. The Morgan fingerprint density at radius 1 is 0.860 bits per heavy atom. The standard InChI is InChI=1S/C47H51ClN4O5/c1-33-38(14-9-15-40(33)41-16-10-18-44(34(41)2)55-23-11-20-51(3)22-19-35-12-5-4-6-13-35)32-57-46-26-45(56-31-37-24-36(27-49)28-50-29-37)39(25-42(46)48)30-52-21-8-7-17-43(52)47(53)54/h4-6,9-10,12-16,18,24-26,28-29,43H,7-8,11,17,19-23,30-32H2,1-3H3,(H,53,54)/t43-/m0/s1. The molecule has 0 saturated carbocycles. The number of pyridine rings is 1. The predicted molar refractivity (Wildman–Crippen MR) is 224 cm³/mol. The summed E-state index contributed by atoms with van der Waals surface area (Å²) in [4.78, 5) is 20.6. The van der Waals surface area contributed by atoms with Gasteiger partial charge in [-0.25, -0.2) is 0 Å². The second-order valence-corrected chi connectivity index (χ2v) is 15.1. The quantitative estimate of drug-likeness (QED) is 0.0870. The summed E-state index contributed by atoms with van der Waals surface area (Å²) in [6, 6.07) is 29.9. The molecule has 1 N–H and O–H groups in total. The molecule has 10 heteroatoms. The lowest BCUT2D eigenvalue weighted by molar-refractivity contribution is -0.144. The lowest BCUT2D eigenvalue weighted by Crippen LogP contribution is -2.44. The second-order valence-electron chi connectivity index (χ2n) is 14.7. The number of benzene rings is 4. The van der Waals surface area contributed by atoms with E-state index in [0.717, 1.165) is 83.5 Å². The first-order valence-corrected chi connectivity index (χ1v) is 20.0. The van der Waals surface area contributed by atoms with E-state index in [1.807, 2.05) is 29.2 Å². The third-order valence-corrected chi connectivity index (χ3v) is 11.0. The van der Waals surface area contributed by atoms with Gasteiger partial charge in [-0.3, -0.25) is 14.7 Å². The Labute approximate surface area is 341 Å². The number of likely N-dealkylation sites (N-methyl/N-ethyl adjacent to an activating group) is 1. The molecule has 9 nitrogen and oxygen atoms in total. The first-order chi connectivity index (χ1) is 27.7. The molecule has 1 atom stereocenters. The fourth-order valence-corrected chi connectivity index (χ4v) is 7.60. The SMILES string of the molecule is Cc1c(COc2cc(OCc3cncc(C#N)c3)c(CN3CCCC[C@H]3C(=O)O)cc2Cl)cccc1-c1cccc(OCCCN(C)CCc2ccccc2)c1C. The Morgan fingerprint density at radius 2 is 1.63 bits per heavy atom. The van der Waals surface area contributed by atoms with Crippen LogP contribution in [-0.2, 0) is 31.0 Å². The molecule has 57 heavy (non-hydrogen) atoms. The van der Waals surface area contributed by atoms with Gasteiger partial charge in [-0.1, -0.05) is 78.7 Å². The summed E-state index contributed by atoms with van der Waals surface area (Å²) in [6.45, 7) is 8.28. The van der Waals surface area contributed by atoms with Crippen molar-refractivity contribution < 1.29 is 24.1 Å². The molecule has 6 rings (SSSR count). The fourth-order valence-electron chi connectivity index (χ4n) is 7.35. The van der Waals surface area contributed by atoms with Crippen LogP contribution in [0, 0.1) is 25.2 Å². The van der Waals surface area contributed by atoms with Crippen LogP contribution in [0.25, 0.3) is 11.1 Å². The average Bonchev–Trinajstić information content (AvgIpc) is 3.22. The summed E-state index contributed by atoms with van der Waals surface area (Å²) in [5.74, 6) is 1.04. The Bertz CT molecular complexity index is 2170. The number of hydrogen-bond donors (Lipinski definition) is 1. The van der Waals surface area contributed by atoms with E-state index < -0.39 is 12.0 Å². The number of hydrogen-bond acceptors (Lipinski definition) is 8. The first-order valence-electron chi connectivity index (χ1n) is 19.6. The van der Waals surface area contributed by atoms with Crippen LogP contribution in [-0.4, -0.2) is 65.2 Å². The van der Waals surface area contributed by atoms with Crippen molar-refractivity contribution in [1.82, 2.24) is 14.8 Å². The zero-order chi connectivity index (χ0) is 40.1. The maximum Gasteiger partial charge on any atom is 0.320 e. The van der Waals surface area contributed by atoms with Crippen molar-refractivity contribution >= 4 is 17.6 Å². The molecule has 1 aromatic heterocycles. The van der Waals surface area contributed by atoms with E-state index in [2.05, 4.69) is 85.4 Å². The molecule has 0 unspecified atom stereocenters. The van der Waals surface area contributed by atoms with Crippen molar-refractivity contribution in [3.05, 3.63) is 141 Å². The molecule has 5 aromatic rings. The maximum atomic E-state index is 12.1. The third-order valence-electron chi connectivity index (χ3n) is 10.7. The number of likely N-dealkylation sites (tertiary alicyclic amines) is 1. The van der Waals surface area contributed by atoms with Crippen molar-refractivity contribution in [2.24, 2.45) is 0 Å². The van der Waals surface area contributed by atoms with Gasteiger partial charge in [-0.05, 0) is 105 Å². The van der Waals surface area contributed by atoms with E-state index in [0.29, 0.717) is 48.2 Å². The fraction of sp³-hybridized carbons (Fsp3) is 0.340. The van der Waals surface area contributed by atoms with Crippen molar-refractivity contribution in [3.63, 3.8) is 0 Å². The summed E-state index contributed by atoms with van der Waals surface area (Å²) in [6.07, 6.45) is 7.52. The van der Waals surface area contributed by atoms with Gasteiger partial charge in [0, 0.05) is 49.2 Å². The van der Waals surface area contributed by atoms with Crippen molar-refractivity contribution in [2.75, 3.05) is 33.3 Å². The highest BCUT2D eigenvalue weighted by molar-refractivity contribution is 6.32. The average molecular weight is 787 g/mol. The molecule has 1 aliphatic heterocycles. The molecule has 0 bridgehead atoms. The minimum absolute atomic E-state index is 0.161. The number of nitriles is 1. The highest BCUT2D eigenvalue weighted by Gasteiger charge is 2.29. The molecule has 4 aromatic carbocycles. The number of carbonyl (C=O) groups is 1. The van der Waals surface area contributed by atoms with Gasteiger partial charge in [0.15, 0.2) is 0 Å². The van der Waals surface area contributed by atoms with E-state index in [9.17, 15) is 15.2 Å². The molecule has 2 heterocycles. The van der Waals surface area contributed by atoms with Gasteiger partial charge in [0.1, 0.15) is 42.6 Å². The van der Waals surface area contributed by atoms with Crippen molar-refractivity contribution in [2.45, 2.75) is 71.8 Å². The van der Waals surface area contributed by atoms with Crippen molar-refractivity contribution in [3.8, 4) is 34.4 Å². The number of aromatic nitrogens is 1. The van der Waals surface area contributed by atoms with E-state index in [4.69, 9.17) is 25.8 Å². The summed E-state index contributed by atoms with van der Waals surface area (Å²) in [5.41, 5.74) is 8.69. The number of piperidine rings is 1. The van der Waals surface area contributed by atoms with Crippen LogP contribution in [0.2, 0.25) is 5.02 Å². The zero-order valence-electron chi connectivity index (χ0n) is 33.0. The largest absolute Gasteiger partial charge is 0.493 e. The lowest BCUT2D eigenvalue weighted by atomic mass is 9.93. The van der Waals surface area contributed by atoms with Crippen LogP contribution in [0.5, 0.6) is 17.2 Å². The van der Waals surface area contributed by atoms with E-state index in [1.54, 1.807) is 18.3 Å². The Balaban J connectivity index is 1.14. The van der Waals surface area contributed by atoms with Gasteiger partial charge in [-0.2, -0.15) is 5.26 Å². The van der Waals surface area contributed by atoms with Crippen LogP contribution in [0.1, 0.15) is 64.6 Å². The summed E-state index contributed by atoms with van der Waals surface area (Å²) in [7, 11) is 2.16. The molecular weight excluding hydrogens is 736 g/mol. The number of nitrogens with zero attached hydrogens (tertiary/aromatic N) is 4. The molecule has 1 aliphatic rings. The number of rotatable bonds is 18. The van der Waals surface area contributed by atoms with Crippen LogP contribution < -0.4 is 14.2 Å². The Morgan fingerprint density at radius 3 is 2.42 bits per heavy atom. The lowest BCUT2D eigenvalue weighted by Gasteiger charge is -2.33. The molecule has 296 valence electrons. The van der Waals surface area contributed by atoms with E-state index >= 15 is 0 Å². The molecule has 0 aliphatic carbocycles.